The van der Waals surface area contributed by atoms with Crippen molar-refractivity contribution in [3.63, 3.8) is 0 Å². The third-order valence-corrected chi connectivity index (χ3v) is 7.87. The molecule has 0 saturated heterocycles. The van der Waals surface area contributed by atoms with Crippen molar-refractivity contribution in [3.8, 4) is 5.69 Å². The molecule has 3 heteroatoms. The number of para-hydroxylation sites is 2. The van der Waals surface area contributed by atoms with Gasteiger partial charge in [-0.3, -0.25) is 0 Å². The van der Waals surface area contributed by atoms with Crippen LogP contribution in [-0.2, 0) is 7.05 Å². The van der Waals surface area contributed by atoms with Crippen molar-refractivity contribution in [2.24, 2.45) is 7.05 Å². The first-order valence-corrected chi connectivity index (χ1v) is 14.2. The number of aryl methyl sites for hydroxylation is 1. The van der Waals surface area contributed by atoms with E-state index in [9.17, 15) is 0 Å². The molecule has 0 aliphatic rings. The molecule has 0 fully saturated rings. The van der Waals surface area contributed by atoms with Crippen LogP contribution in [0, 0.1) is 0 Å². The van der Waals surface area contributed by atoms with Gasteiger partial charge in [0.15, 0.2) is 11.0 Å². The van der Waals surface area contributed by atoms with Crippen molar-refractivity contribution < 1.29 is 7.31 Å². The fourth-order valence-corrected chi connectivity index (χ4v) is 5.44. The zero-order valence-electron chi connectivity index (χ0n) is 21.9. The summed E-state index contributed by atoms with van der Waals surface area (Å²) in [5, 5.41) is 1.31. The molecular weight excluding hydrogens is 368 g/mol. The first-order valence-electron chi connectivity index (χ1n) is 11.7. The number of hydrogen-bond acceptors (Lipinski definition) is 0. The molecule has 1 aromatic heterocycles. The second-order valence-corrected chi connectivity index (χ2v) is 15.1. The Kier molecular flexibility index (Phi) is 5.11. The molecule has 3 aromatic rings. The fraction of sp³-hybridized carbons (Fsp3) is 0.500. The summed E-state index contributed by atoms with van der Waals surface area (Å²) in [7, 11) is 0.484. The van der Waals surface area contributed by atoms with Gasteiger partial charge < -0.3 is 0 Å². The van der Waals surface area contributed by atoms with E-state index in [0.717, 1.165) is 22.3 Å². The molecule has 0 amide bonds. The van der Waals surface area contributed by atoms with Gasteiger partial charge in [-0.25, -0.2) is 4.57 Å². The van der Waals surface area contributed by atoms with E-state index in [1.165, 1.54) is 16.5 Å². The highest BCUT2D eigenvalue weighted by molar-refractivity contribution is 6.88. The van der Waals surface area contributed by atoms with Gasteiger partial charge in [-0.1, -0.05) is 90.6 Å². The Labute approximate surface area is 181 Å². The van der Waals surface area contributed by atoms with E-state index in [-0.39, 0.29) is 5.92 Å². The number of aromatic nitrogens is 2. The molecule has 3 rings (SSSR count). The van der Waals surface area contributed by atoms with E-state index in [1.54, 1.807) is 0 Å². The normalized spacial score (nSPS) is 14.4. The largest absolute Gasteiger partial charge is 0.265 e. The Balaban J connectivity index is 2.63. The minimum Gasteiger partial charge on any atom is -0.229 e. The minimum absolute atomic E-state index is 0.289. The highest BCUT2D eigenvalue weighted by Crippen LogP contribution is 2.35. The predicted molar refractivity (Wildman–Crippen MR) is 130 cm³/mol. The van der Waals surface area contributed by atoms with E-state index in [2.05, 4.69) is 86.1 Å². The van der Waals surface area contributed by atoms with Crippen molar-refractivity contribution in [2.45, 2.75) is 78.9 Å². The molecule has 0 atom stereocenters. The second kappa shape index (κ2) is 7.75. The first-order chi connectivity index (χ1) is 14.0. The lowest BCUT2D eigenvalue weighted by atomic mass is 9.92. The summed E-state index contributed by atoms with van der Waals surface area (Å²) >= 11 is 0. The summed E-state index contributed by atoms with van der Waals surface area (Å²) in [6, 6.07) is 13.0. The van der Waals surface area contributed by atoms with E-state index < -0.39 is 19.9 Å². The molecule has 0 aliphatic heterocycles. The molecule has 0 spiro atoms. The summed E-state index contributed by atoms with van der Waals surface area (Å²) in [6.07, 6.45) is 0. The van der Waals surface area contributed by atoms with Crippen LogP contribution in [0.2, 0.25) is 19.6 Å². The molecule has 0 saturated carbocycles. The molecule has 0 aliphatic carbocycles. The monoisotopic (exact) mass is 409 g/mol. The standard InChI is InChI=1S/C26H39N2Si/c1-17(2)21-15-20(29(8,9)10)16-22(18(3)4)25(21)28-24-14-12-11-13-23(24)27(7)26(28)19(5)6/h11-19H,1-10H3/q+1/i17D,18D. The van der Waals surface area contributed by atoms with Crippen molar-refractivity contribution in [1.82, 2.24) is 4.57 Å². The first kappa shape index (κ1) is 19.1. The van der Waals surface area contributed by atoms with Crippen molar-refractivity contribution in [2.75, 3.05) is 0 Å². The highest BCUT2D eigenvalue weighted by Gasteiger charge is 2.32. The van der Waals surface area contributed by atoms with E-state index in [0.29, 0.717) is 0 Å². The number of hydrogen-bond donors (Lipinski definition) is 0. The summed E-state index contributed by atoms with van der Waals surface area (Å²) in [4.78, 5) is 0. The van der Waals surface area contributed by atoms with Crippen LogP contribution in [0.3, 0.4) is 0 Å². The van der Waals surface area contributed by atoms with Crippen molar-refractivity contribution in [3.05, 3.63) is 53.3 Å². The quantitative estimate of drug-likeness (QED) is 0.342. The third-order valence-electron chi connectivity index (χ3n) is 5.85. The lowest BCUT2D eigenvalue weighted by Crippen LogP contribution is -2.39. The number of fused-ring (bicyclic) bond motifs is 1. The van der Waals surface area contributed by atoms with Crippen LogP contribution >= 0.6 is 0 Å². The Morgan fingerprint density at radius 3 is 1.86 bits per heavy atom. The minimum atomic E-state index is -1.64. The molecule has 1 heterocycles. The van der Waals surface area contributed by atoms with Gasteiger partial charge in [0, 0.05) is 13.9 Å². The topological polar surface area (TPSA) is 8.81 Å². The smallest absolute Gasteiger partial charge is 0.229 e. The summed E-state index contributed by atoms with van der Waals surface area (Å²) < 4.78 is 22.8. The Morgan fingerprint density at radius 1 is 0.897 bits per heavy atom. The van der Waals surface area contributed by atoms with Gasteiger partial charge in [0.1, 0.15) is 5.69 Å². The SMILES string of the molecule is [2H]C(C)(C)c1cc([Si](C)(C)C)cc(C([2H])(C)C)c1-n1c(C(C)C)[n+](C)c2ccccc21. The molecule has 2 aromatic carbocycles. The zero-order chi connectivity index (χ0) is 23.5. The maximum Gasteiger partial charge on any atom is 0.265 e. The average molecular weight is 410 g/mol. The Morgan fingerprint density at radius 2 is 1.41 bits per heavy atom. The molecule has 29 heavy (non-hydrogen) atoms. The van der Waals surface area contributed by atoms with Gasteiger partial charge in [-0.15, -0.1) is 0 Å². The fourth-order valence-electron chi connectivity index (χ4n) is 4.28. The van der Waals surface area contributed by atoms with Crippen LogP contribution in [0.4, 0.5) is 0 Å². The second-order valence-electron chi connectivity index (χ2n) is 10.1. The third kappa shape index (κ3) is 3.82. The van der Waals surface area contributed by atoms with Gasteiger partial charge in [-0.05, 0) is 23.9 Å². The van der Waals surface area contributed by atoms with Gasteiger partial charge >= 0.3 is 0 Å². The summed E-state index contributed by atoms with van der Waals surface area (Å²) in [6.45, 7) is 19.4. The van der Waals surface area contributed by atoms with Gasteiger partial charge in [0.05, 0.1) is 21.0 Å². The number of imidazole rings is 1. The van der Waals surface area contributed by atoms with Gasteiger partial charge in [0.25, 0.3) is 5.82 Å². The number of benzene rings is 2. The van der Waals surface area contributed by atoms with Gasteiger partial charge in [0.2, 0.25) is 0 Å². The van der Waals surface area contributed by atoms with Crippen LogP contribution < -0.4 is 9.75 Å². The van der Waals surface area contributed by atoms with Crippen LogP contribution in [0.15, 0.2) is 36.4 Å². The van der Waals surface area contributed by atoms with Crippen LogP contribution in [0.5, 0.6) is 0 Å². The summed E-state index contributed by atoms with van der Waals surface area (Å²) in [5.41, 5.74) is 5.33. The predicted octanol–water partition coefficient (Wildman–Crippen LogP) is 6.37. The molecule has 0 N–H and O–H groups in total. The number of nitrogens with zero attached hydrogens (tertiary/aromatic N) is 2. The van der Waals surface area contributed by atoms with E-state index in [1.807, 2.05) is 27.7 Å². The lowest BCUT2D eigenvalue weighted by molar-refractivity contribution is -0.654. The molecule has 0 unspecified atom stereocenters. The van der Waals surface area contributed by atoms with E-state index >= 15 is 0 Å². The molecule has 0 bridgehead atoms. The van der Waals surface area contributed by atoms with E-state index in [4.69, 9.17) is 2.74 Å². The zero-order valence-corrected chi connectivity index (χ0v) is 20.9. The molecular formula is C26H39N2Si+. The average Bonchev–Trinajstić information content (AvgIpc) is 2.91. The highest BCUT2D eigenvalue weighted by atomic mass is 28.3. The van der Waals surface area contributed by atoms with Crippen molar-refractivity contribution >= 4 is 24.3 Å². The maximum atomic E-state index is 9.09. The van der Waals surface area contributed by atoms with Gasteiger partial charge in [-0.2, -0.15) is 4.57 Å². The Bertz CT molecular complexity index is 1090. The summed E-state index contributed by atoms with van der Waals surface area (Å²) in [5.74, 6) is -0.0951. The van der Waals surface area contributed by atoms with Crippen molar-refractivity contribution in [1.29, 1.82) is 0 Å². The molecule has 0 radical (unpaired) electrons. The number of rotatable bonds is 5. The maximum absolute atomic E-state index is 9.09. The van der Waals surface area contributed by atoms with Crippen LogP contribution in [0.25, 0.3) is 16.7 Å². The Hall–Kier alpha value is -1.87. The lowest BCUT2D eigenvalue weighted by Gasteiger charge is -2.25. The van der Waals surface area contributed by atoms with Crippen LogP contribution in [0.1, 0.15) is 78.9 Å². The molecule has 2 nitrogen and oxygen atoms in total. The van der Waals surface area contributed by atoms with Crippen LogP contribution in [-0.4, -0.2) is 12.6 Å². The molecule has 156 valence electrons.